The third-order valence-corrected chi connectivity index (χ3v) is 2.25. The van der Waals surface area contributed by atoms with Gasteiger partial charge < -0.3 is 0 Å². The predicted molar refractivity (Wildman–Crippen MR) is 58.4 cm³/mol. The zero-order valence-corrected chi connectivity index (χ0v) is 8.68. The van der Waals surface area contributed by atoms with Gasteiger partial charge in [0.25, 0.3) is 0 Å². The fraction of sp³-hybridized carbons (Fsp3) is 0.364. The maximum absolute atomic E-state index is 10.9. The van der Waals surface area contributed by atoms with Crippen LogP contribution in [0.4, 0.5) is 0 Å². The Hall–Kier alpha value is -0.760. The summed E-state index contributed by atoms with van der Waals surface area (Å²) in [5.74, 6) is 0. The van der Waals surface area contributed by atoms with Crippen molar-refractivity contribution >= 4 is 17.7 Å². The molecule has 0 aliphatic heterocycles. The Kier molecular flexibility index (Phi) is 4.03. The molecule has 0 aliphatic carbocycles. The first-order valence-corrected chi connectivity index (χ1v) is 5.01. The smallest absolute Gasteiger partial charge is 0.216 e. The Bertz CT molecular complexity index is 294. The number of thiol groups is 1. The molecule has 0 amide bonds. The monoisotopic (exact) mass is 194 g/mol. The maximum atomic E-state index is 10.9. The molecule has 1 rings (SSSR count). The average molecular weight is 194 g/mol. The van der Waals surface area contributed by atoms with Crippen LogP contribution in [-0.2, 0) is 6.42 Å². The van der Waals surface area contributed by atoms with Gasteiger partial charge in [0.15, 0.2) is 0 Å². The van der Waals surface area contributed by atoms with Crippen LogP contribution in [0.5, 0.6) is 0 Å². The van der Waals surface area contributed by atoms with Crippen molar-refractivity contribution in [1.82, 2.24) is 0 Å². The molecule has 0 spiro atoms. The minimum absolute atomic E-state index is 0.154. The van der Waals surface area contributed by atoms with Crippen molar-refractivity contribution in [3.8, 4) is 0 Å². The van der Waals surface area contributed by atoms with E-state index in [0.29, 0.717) is 5.56 Å². The molecule has 0 unspecified atom stereocenters. The summed E-state index contributed by atoms with van der Waals surface area (Å²) in [5.41, 5.74) is 1.92. The van der Waals surface area contributed by atoms with E-state index in [0.717, 1.165) is 6.42 Å². The van der Waals surface area contributed by atoms with Crippen LogP contribution >= 0.6 is 12.6 Å². The zero-order valence-electron chi connectivity index (χ0n) is 7.79. The Morgan fingerprint density at radius 2 is 2.23 bits per heavy atom. The zero-order chi connectivity index (χ0) is 9.68. The summed E-state index contributed by atoms with van der Waals surface area (Å²) < 4.78 is 0. The van der Waals surface area contributed by atoms with Crippen LogP contribution in [-0.4, -0.2) is 5.12 Å². The van der Waals surface area contributed by atoms with Gasteiger partial charge in [-0.15, -0.1) is 12.6 Å². The first kappa shape index (κ1) is 10.3. The normalized spacial score (nSPS) is 10.0. The standard InChI is InChI=1S/C11H14OS/c1-2-3-5-9-6-4-7-10(8-9)11(12)13/h4,6-8H,2-3,5H2,1H3,(H,12,13). The van der Waals surface area contributed by atoms with Gasteiger partial charge in [-0.1, -0.05) is 31.5 Å². The quantitative estimate of drug-likeness (QED) is 0.729. The van der Waals surface area contributed by atoms with Crippen molar-refractivity contribution in [3.05, 3.63) is 35.4 Å². The molecule has 0 saturated carbocycles. The molecule has 1 aromatic rings. The molecule has 0 saturated heterocycles. The molecule has 0 N–H and O–H groups in total. The highest BCUT2D eigenvalue weighted by Crippen LogP contribution is 2.10. The summed E-state index contributed by atoms with van der Waals surface area (Å²) in [4.78, 5) is 10.9. The van der Waals surface area contributed by atoms with E-state index in [1.54, 1.807) is 6.07 Å². The van der Waals surface area contributed by atoms with Gasteiger partial charge in [-0.25, -0.2) is 0 Å². The topological polar surface area (TPSA) is 17.1 Å². The van der Waals surface area contributed by atoms with Gasteiger partial charge in [-0.05, 0) is 24.5 Å². The van der Waals surface area contributed by atoms with Crippen molar-refractivity contribution in [1.29, 1.82) is 0 Å². The number of hydrogen-bond donors (Lipinski definition) is 1. The third kappa shape index (κ3) is 3.23. The van der Waals surface area contributed by atoms with Crippen LogP contribution in [0.15, 0.2) is 24.3 Å². The lowest BCUT2D eigenvalue weighted by molar-refractivity contribution is 0.109. The van der Waals surface area contributed by atoms with E-state index in [-0.39, 0.29) is 5.12 Å². The maximum Gasteiger partial charge on any atom is 0.216 e. The molecule has 0 aliphatic rings. The minimum atomic E-state index is -0.154. The number of aryl methyl sites for hydroxylation is 1. The summed E-state index contributed by atoms with van der Waals surface area (Å²) >= 11 is 3.79. The van der Waals surface area contributed by atoms with E-state index in [4.69, 9.17) is 0 Å². The SMILES string of the molecule is CCCCc1cccc(C(=O)S)c1. The number of unbranched alkanes of at least 4 members (excludes halogenated alkanes) is 1. The molecule has 70 valence electrons. The fourth-order valence-corrected chi connectivity index (χ4v) is 1.38. The van der Waals surface area contributed by atoms with E-state index < -0.39 is 0 Å². The Labute approximate surface area is 84.6 Å². The van der Waals surface area contributed by atoms with Gasteiger partial charge in [0, 0.05) is 5.56 Å². The summed E-state index contributed by atoms with van der Waals surface area (Å²) in [6.45, 7) is 2.16. The molecule has 0 aromatic heterocycles. The second kappa shape index (κ2) is 5.07. The van der Waals surface area contributed by atoms with Crippen LogP contribution in [0.2, 0.25) is 0 Å². The molecule has 0 bridgehead atoms. The van der Waals surface area contributed by atoms with E-state index in [2.05, 4.69) is 25.6 Å². The van der Waals surface area contributed by atoms with Crippen LogP contribution in [0.1, 0.15) is 35.7 Å². The molecule has 0 atom stereocenters. The van der Waals surface area contributed by atoms with Crippen molar-refractivity contribution < 1.29 is 4.79 Å². The van der Waals surface area contributed by atoms with Crippen molar-refractivity contribution in [2.45, 2.75) is 26.2 Å². The van der Waals surface area contributed by atoms with E-state index >= 15 is 0 Å². The van der Waals surface area contributed by atoms with E-state index in [9.17, 15) is 4.79 Å². The average Bonchev–Trinajstić information content (AvgIpc) is 2.15. The molecule has 1 nitrogen and oxygen atoms in total. The molecular weight excluding hydrogens is 180 g/mol. The third-order valence-electron chi connectivity index (χ3n) is 1.99. The number of carbonyl (C=O) groups excluding carboxylic acids is 1. The molecule has 2 heteroatoms. The molecule has 0 heterocycles. The van der Waals surface area contributed by atoms with Gasteiger partial charge >= 0.3 is 0 Å². The van der Waals surface area contributed by atoms with Crippen molar-refractivity contribution in [2.75, 3.05) is 0 Å². The van der Waals surface area contributed by atoms with Gasteiger partial charge in [0.05, 0.1) is 0 Å². The first-order valence-electron chi connectivity index (χ1n) is 4.56. The highest BCUT2D eigenvalue weighted by atomic mass is 32.1. The highest BCUT2D eigenvalue weighted by molar-refractivity contribution is 7.97. The summed E-state index contributed by atoms with van der Waals surface area (Å²) in [6.07, 6.45) is 3.40. The Balaban J connectivity index is 2.73. The summed E-state index contributed by atoms with van der Waals surface area (Å²) in [5, 5.41) is -0.154. The molecule has 0 fully saturated rings. The van der Waals surface area contributed by atoms with E-state index in [1.165, 1.54) is 18.4 Å². The lowest BCUT2D eigenvalue weighted by atomic mass is 10.1. The molecule has 0 radical (unpaired) electrons. The molecule has 13 heavy (non-hydrogen) atoms. The minimum Gasteiger partial charge on any atom is -0.282 e. The summed E-state index contributed by atoms with van der Waals surface area (Å²) in [6, 6.07) is 7.68. The van der Waals surface area contributed by atoms with Crippen LogP contribution in [0, 0.1) is 0 Å². The van der Waals surface area contributed by atoms with E-state index in [1.807, 2.05) is 12.1 Å². The Morgan fingerprint density at radius 1 is 1.46 bits per heavy atom. The van der Waals surface area contributed by atoms with Gasteiger partial charge in [0.1, 0.15) is 0 Å². The lowest BCUT2D eigenvalue weighted by Gasteiger charge is -2.01. The van der Waals surface area contributed by atoms with Crippen LogP contribution in [0.3, 0.4) is 0 Å². The van der Waals surface area contributed by atoms with Crippen LogP contribution < -0.4 is 0 Å². The first-order chi connectivity index (χ1) is 6.24. The number of benzene rings is 1. The lowest BCUT2D eigenvalue weighted by Crippen LogP contribution is -1.91. The van der Waals surface area contributed by atoms with Crippen LogP contribution in [0.25, 0.3) is 0 Å². The number of rotatable bonds is 4. The molecule has 1 aromatic carbocycles. The van der Waals surface area contributed by atoms with Gasteiger partial charge in [0.2, 0.25) is 5.12 Å². The van der Waals surface area contributed by atoms with Gasteiger partial charge in [-0.2, -0.15) is 0 Å². The second-order valence-electron chi connectivity index (χ2n) is 3.11. The second-order valence-corrected chi connectivity index (χ2v) is 3.52. The highest BCUT2D eigenvalue weighted by Gasteiger charge is 2.00. The van der Waals surface area contributed by atoms with Crippen molar-refractivity contribution in [3.63, 3.8) is 0 Å². The number of hydrogen-bond acceptors (Lipinski definition) is 1. The predicted octanol–water partition coefficient (Wildman–Crippen LogP) is 3.10. The number of carbonyl (C=O) groups is 1. The molecular formula is C11H14OS. The van der Waals surface area contributed by atoms with Crippen molar-refractivity contribution in [2.24, 2.45) is 0 Å². The Morgan fingerprint density at radius 3 is 2.85 bits per heavy atom. The van der Waals surface area contributed by atoms with Gasteiger partial charge in [-0.3, -0.25) is 4.79 Å². The largest absolute Gasteiger partial charge is 0.282 e. The summed E-state index contributed by atoms with van der Waals surface area (Å²) in [7, 11) is 0. The fourth-order valence-electron chi connectivity index (χ4n) is 1.24.